The molecule has 0 saturated heterocycles. The SMILES string of the molecule is CC1CCCCC1CNC(=O)[C@H](N)C(C)C. The second-order valence-electron chi connectivity index (χ2n) is 5.54. The smallest absolute Gasteiger partial charge is 0.237 e. The summed E-state index contributed by atoms with van der Waals surface area (Å²) >= 11 is 0. The quantitative estimate of drug-likeness (QED) is 0.769. The lowest BCUT2D eigenvalue weighted by atomic mass is 9.80. The molecule has 0 aromatic rings. The second kappa shape index (κ2) is 6.24. The summed E-state index contributed by atoms with van der Waals surface area (Å²) in [5, 5.41) is 3.00. The molecule has 1 fully saturated rings. The molecule has 3 heteroatoms. The Balaban J connectivity index is 2.30. The van der Waals surface area contributed by atoms with Gasteiger partial charge in [-0.05, 0) is 24.2 Å². The third-order valence-electron chi connectivity index (χ3n) is 3.85. The summed E-state index contributed by atoms with van der Waals surface area (Å²) in [5.74, 6) is 1.61. The van der Waals surface area contributed by atoms with E-state index in [1.165, 1.54) is 25.7 Å². The summed E-state index contributed by atoms with van der Waals surface area (Å²) in [7, 11) is 0. The molecule has 0 heterocycles. The molecule has 3 N–H and O–H groups in total. The van der Waals surface area contributed by atoms with Crippen LogP contribution >= 0.6 is 0 Å². The summed E-state index contributed by atoms with van der Waals surface area (Å²) in [6, 6.07) is -0.362. The number of rotatable bonds is 4. The third kappa shape index (κ3) is 3.78. The summed E-state index contributed by atoms with van der Waals surface area (Å²) < 4.78 is 0. The maximum Gasteiger partial charge on any atom is 0.237 e. The van der Waals surface area contributed by atoms with Gasteiger partial charge in [-0.1, -0.05) is 40.0 Å². The maximum absolute atomic E-state index is 11.7. The Morgan fingerprint density at radius 3 is 2.56 bits per heavy atom. The normalized spacial score (nSPS) is 27.8. The van der Waals surface area contributed by atoms with E-state index in [0.717, 1.165) is 12.5 Å². The molecule has 0 aliphatic heterocycles. The van der Waals surface area contributed by atoms with Gasteiger partial charge in [0, 0.05) is 6.54 Å². The van der Waals surface area contributed by atoms with Crippen molar-refractivity contribution < 1.29 is 4.79 Å². The zero-order valence-corrected chi connectivity index (χ0v) is 10.8. The zero-order valence-electron chi connectivity index (χ0n) is 10.8. The number of amides is 1. The molecule has 1 saturated carbocycles. The highest BCUT2D eigenvalue weighted by Crippen LogP contribution is 2.28. The van der Waals surface area contributed by atoms with Crippen LogP contribution in [0.4, 0.5) is 0 Å². The number of nitrogens with two attached hydrogens (primary N) is 1. The van der Waals surface area contributed by atoms with Crippen molar-refractivity contribution in [3.63, 3.8) is 0 Å². The van der Waals surface area contributed by atoms with Crippen molar-refractivity contribution in [1.29, 1.82) is 0 Å². The Kier molecular flexibility index (Phi) is 5.26. The number of nitrogens with one attached hydrogen (secondary N) is 1. The predicted octanol–water partition coefficient (Wildman–Crippen LogP) is 1.91. The molecule has 1 amide bonds. The first-order chi connectivity index (χ1) is 7.52. The molecular weight excluding hydrogens is 200 g/mol. The minimum Gasteiger partial charge on any atom is -0.354 e. The van der Waals surface area contributed by atoms with E-state index in [0.29, 0.717) is 5.92 Å². The lowest BCUT2D eigenvalue weighted by Gasteiger charge is -2.29. The average Bonchev–Trinajstić information content (AvgIpc) is 2.26. The van der Waals surface area contributed by atoms with Gasteiger partial charge in [0.1, 0.15) is 0 Å². The van der Waals surface area contributed by atoms with E-state index in [-0.39, 0.29) is 17.9 Å². The van der Waals surface area contributed by atoms with E-state index < -0.39 is 0 Å². The minimum absolute atomic E-state index is 0.00720. The molecule has 16 heavy (non-hydrogen) atoms. The standard InChI is InChI=1S/C13H26N2O/c1-9(2)12(14)13(16)15-8-11-7-5-4-6-10(11)3/h9-12H,4-8,14H2,1-3H3,(H,15,16)/t10?,11?,12-/m1/s1. The Morgan fingerprint density at radius 1 is 1.38 bits per heavy atom. The number of carbonyl (C=O) groups is 1. The molecule has 0 aromatic carbocycles. The van der Waals surface area contributed by atoms with Gasteiger partial charge in [-0.2, -0.15) is 0 Å². The molecular formula is C13H26N2O. The topological polar surface area (TPSA) is 55.1 Å². The van der Waals surface area contributed by atoms with Gasteiger partial charge < -0.3 is 11.1 Å². The first kappa shape index (κ1) is 13.5. The van der Waals surface area contributed by atoms with Crippen LogP contribution in [0.3, 0.4) is 0 Å². The average molecular weight is 226 g/mol. The molecule has 1 aliphatic carbocycles. The van der Waals surface area contributed by atoms with Crippen LogP contribution in [-0.2, 0) is 4.79 Å². The van der Waals surface area contributed by atoms with E-state index in [9.17, 15) is 4.79 Å². The first-order valence-corrected chi connectivity index (χ1v) is 6.55. The summed E-state index contributed by atoms with van der Waals surface area (Å²) in [4.78, 5) is 11.7. The van der Waals surface area contributed by atoms with Crippen molar-refractivity contribution in [1.82, 2.24) is 5.32 Å². The van der Waals surface area contributed by atoms with Crippen molar-refractivity contribution >= 4 is 5.91 Å². The van der Waals surface area contributed by atoms with Crippen LogP contribution in [0.25, 0.3) is 0 Å². The number of hydrogen-bond acceptors (Lipinski definition) is 2. The van der Waals surface area contributed by atoms with Gasteiger partial charge in [-0.25, -0.2) is 0 Å². The Labute approximate surface area is 99.2 Å². The van der Waals surface area contributed by atoms with Crippen LogP contribution in [-0.4, -0.2) is 18.5 Å². The van der Waals surface area contributed by atoms with Gasteiger partial charge in [0.2, 0.25) is 5.91 Å². The van der Waals surface area contributed by atoms with Gasteiger partial charge in [-0.3, -0.25) is 4.79 Å². The van der Waals surface area contributed by atoms with Crippen LogP contribution in [0, 0.1) is 17.8 Å². The fourth-order valence-electron chi connectivity index (χ4n) is 2.35. The van der Waals surface area contributed by atoms with E-state index in [1.807, 2.05) is 13.8 Å². The molecule has 2 unspecified atom stereocenters. The van der Waals surface area contributed by atoms with Crippen LogP contribution in [0.15, 0.2) is 0 Å². The highest BCUT2D eigenvalue weighted by Gasteiger charge is 2.23. The summed E-state index contributed by atoms with van der Waals surface area (Å²) in [6.45, 7) is 7.06. The van der Waals surface area contributed by atoms with Gasteiger partial charge in [0.15, 0.2) is 0 Å². The fraction of sp³-hybridized carbons (Fsp3) is 0.923. The first-order valence-electron chi connectivity index (χ1n) is 6.55. The molecule has 0 bridgehead atoms. The molecule has 3 atom stereocenters. The second-order valence-corrected chi connectivity index (χ2v) is 5.54. The molecule has 0 spiro atoms. The highest BCUT2D eigenvalue weighted by atomic mass is 16.2. The lowest BCUT2D eigenvalue weighted by molar-refractivity contribution is -0.123. The molecule has 1 rings (SSSR count). The van der Waals surface area contributed by atoms with Crippen molar-refractivity contribution in [2.45, 2.75) is 52.5 Å². The summed E-state index contributed by atoms with van der Waals surface area (Å²) in [5.41, 5.74) is 5.80. The Bertz CT molecular complexity index is 228. The van der Waals surface area contributed by atoms with E-state index in [2.05, 4.69) is 12.2 Å². The molecule has 3 nitrogen and oxygen atoms in total. The molecule has 94 valence electrons. The van der Waals surface area contributed by atoms with Gasteiger partial charge in [0.05, 0.1) is 6.04 Å². The number of hydrogen-bond donors (Lipinski definition) is 2. The molecule has 0 aromatic heterocycles. The van der Waals surface area contributed by atoms with Crippen molar-refractivity contribution in [3.8, 4) is 0 Å². The van der Waals surface area contributed by atoms with E-state index >= 15 is 0 Å². The fourth-order valence-corrected chi connectivity index (χ4v) is 2.35. The van der Waals surface area contributed by atoms with Crippen LogP contribution in [0.2, 0.25) is 0 Å². The number of carbonyl (C=O) groups excluding carboxylic acids is 1. The van der Waals surface area contributed by atoms with E-state index in [4.69, 9.17) is 5.73 Å². The van der Waals surface area contributed by atoms with Crippen molar-refractivity contribution in [2.75, 3.05) is 6.54 Å². The highest BCUT2D eigenvalue weighted by molar-refractivity contribution is 5.81. The van der Waals surface area contributed by atoms with E-state index in [1.54, 1.807) is 0 Å². The van der Waals surface area contributed by atoms with Crippen LogP contribution in [0.5, 0.6) is 0 Å². The monoisotopic (exact) mass is 226 g/mol. The Morgan fingerprint density at radius 2 is 2.00 bits per heavy atom. The van der Waals surface area contributed by atoms with Gasteiger partial charge in [-0.15, -0.1) is 0 Å². The van der Waals surface area contributed by atoms with Gasteiger partial charge in [0.25, 0.3) is 0 Å². The Hall–Kier alpha value is -0.570. The third-order valence-corrected chi connectivity index (χ3v) is 3.85. The van der Waals surface area contributed by atoms with Crippen LogP contribution in [0.1, 0.15) is 46.5 Å². The zero-order chi connectivity index (χ0) is 12.1. The minimum atomic E-state index is -0.362. The predicted molar refractivity (Wildman–Crippen MR) is 66.9 cm³/mol. The van der Waals surface area contributed by atoms with Gasteiger partial charge >= 0.3 is 0 Å². The molecule has 0 radical (unpaired) electrons. The largest absolute Gasteiger partial charge is 0.354 e. The lowest BCUT2D eigenvalue weighted by Crippen LogP contribution is -2.46. The van der Waals surface area contributed by atoms with Crippen molar-refractivity contribution in [2.24, 2.45) is 23.5 Å². The van der Waals surface area contributed by atoms with Crippen molar-refractivity contribution in [3.05, 3.63) is 0 Å². The van der Waals surface area contributed by atoms with Crippen LogP contribution < -0.4 is 11.1 Å². The summed E-state index contributed by atoms with van der Waals surface area (Å²) in [6.07, 6.45) is 5.20. The molecule has 1 aliphatic rings. The maximum atomic E-state index is 11.7.